The number of benzene rings is 1. The van der Waals surface area contributed by atoms with Crippen molar-refractivity contribution in [1.29, 1.82) is 0 Å². The average molecular weight is 328 g/mol. The number of aryl methyl sites for hydroxylation is 1. The van der Waals surface area contributed by atoms with Crippen molar-refractivity contribution < 1.29 is 14.1 Å². The molecule has 1 aliphatic heterocycles. The third-order valence-electron chi connectivity index (χ3n) is 4.38. The molecule has 0 bridgehead atoms. The Morgan fingerprint density at radius 1 is 1.38 bits per heavy atom. The molecule has 5 nitrogen and oxygen atoms in total. The van der Waals surface area contributed by atoms with Crippen molar-refractivity contribution in [2.75, 3.05) is 13.2 Å². The summed E-state index contributed by atoms with van der Waals surface area (Å²) in [6.07, 6.45) is 0.964. The summed E-state index contributed by atoms with van der Waals surface area (Å²) in [5.74, 6) is 0.764. The van der Waals surface area contributed by atoms with Crippen LogP contribution in [-0.2, 0) is 16.1 Å². The number of hydrogen-bond donors (Lipinski definition) is 0. The van der Waals surface area contributed by atoms with Gasteiger partial charge >= 0.3 is 0 Å². The molecule has 0 radical (unpaired) electrons. The van der Waals surface area contributed by atoms with Gasteiger partial charge in [0.05, 0.1) is 12.6 Å². The van der Waals surface area contributed by atoms with Gasteiger partial charge in [-0.3, -0.25) is 4.79 Å². The van der Waals surface area contributed by atoms with Crippen molar-refractivity contribution in [2.45, 2.75) is 39.8 Å². The highest BCUT2D eigenvalue weighted by Crippen LogP contribution is 2.42. The Balaban J connectivity index is 1.63. The highest BCUT2D eigenvalue weighted by Gasteiger charge is 2.40. The van der Waals surface area contributed by atoms with Gasteiger partial charge in [-0.05, 0) is 24.3 Å². The van der Waals surface area contributed by atoms with Gasteiger partial charge in [-0.25, -0.2) is 0 Å². The Kier molecular flexibility index (Phi) is 4.71. The number of aromatic nitrogens is 1. The first kappa shape index (κ1) is 16.7. The fraction of sp³-hybridized carbons (Fsp3) is 0.474. The van der Waals surface area contributed by atoms with Gasteiger partial charge in [0, 0.05) is 12.6 Å². The predicted molar refractivity (Wildman–Crippen MR) is 90.2 cm³/mol. The molecule has 24 heavy (non-hydrogen) atoms. The molecule has 0 N–H and O–H groups in total. The van der Waals surface area contributed by atoms with Crippen molar-refractivity contribution in [2.24, 2.45) is 5.41 Å². The molecule has 0 aliphatic carbocycles. The van der Waals surface area contributed by atoms with Crippen LogP contribution in [0.25, 0.3) is 0 Å². The molecule has 1 aromatic carbocycles. The zero-order valence-electron chi connectivity index (χ0n) is 14.5. The lowest BCUT2D eigenvalue weighted by molar-refractivity contribution is -0.137. The molecular weight excluding hydrogens is 304 g/mol. The van der Waals surface area contributed by atoms with Gasteiger partial charge in [-0.1, -0.05) is 49.3 Å². The van der Waals surface area contributed by atoms with Crippen LogP contribution in [0.3, 0.4) is 0 Å². The van der Waals surface area contributed by atoms with Gasteiger partial charge in [0.15, 0.2) is 0 Å². The van der Waals surface area contributed by atoms with E-state index in [1.807, 2.05) is 36.1 Å². The number of carbonyl (C=O) groups is 1. The number of nitrogens with zero attached hydrogens (tertiary/aromatic N) is 2. The maximum atomic E-state index is 12.7. The zero-order valence-corrected chi connectivity index (χ0v) is 14.5. The molecule has 1 aliphatic rings. The lowest BCUT2D eigenvalue weighted by Gasteiger charge is -2.25. The highest BCUT2D eigenvalue weighted by atomic mass is 16.5. The summed E-state index contributed by atoms with van der Waals surface area (Å²) in [4.78, 5) is 14.6. The van der Waals surface area contributed by atoms with Crippen LogP contribution in [0.4, 0.5) is 0 Å². The molecule has 1 amide bonds. The van der Waals surface area contributed by atoms with E-state index in [4.69, 9.17) is 9.26 Å². The molecule has 3 rings (SSSR count). The molecule has 1 unspecified atom stereocenters. The van der Waals surface area contributed by atoms with E-state index in [1.54, 1.807) is 0 Å². The Morgan fingerprint density at radius 2 is 2.12 bits per heavy atom. The van der Waals surface area contributed by atoms with Crippen LogP contribution < -0.4 is 0 Å². The summed E-state index contributed by atoms with van der Waals surface area (Å²) < 4.78 is 10.5. The van der Waals surface area contributed by atoms with Crippen molar-refractivity contribution in [3.05, 3.63) is 53.4 Å². The molecule has 1 fully saturated rings. The van der Waals surface area contributed by atoms with Gasteiger partial charge in [0.2, 0.25) is 5.91 Å². The van der Waals surface area contributed by atoms with E-state index < -0.39 is 0 Å². The van der Waals surface area contributed by atoms with E-state index in [1.165, 1.54) is 5.56 Å². The number of ether oxygens (including phenoxy) is 1. The van der Waals surface area contributed by atoms with Crippen molar-refractivity contribution in [1.82, 2.24) is 10.1 Å². The van der Waals surface area contributed by atoms with E-state index in [9.17, 15) is 4.79 Å². The minimum atomic E-state index is 0.0228. The second-order valence-electron chi connectivity index (χ2n) is 7.24. The third-order valence-corrected chi connectivity index (χ3v) is 4.38. The minimum Gasteiger partial charge on any atom is -0.365 e. The summed E-state index contributed by atoms with van der Waals surface area (Å²) in [5.41, 5.74) is 2.00. The molecular formula is C19H24N2O3. The monoisotopic (exact) mass is 328 g/mol. The van der Waals surface area contributed by atoms with Crippen molar-refractivity contribution in [3.63, 3.8) is 0 Å². The van der Waals surface area contributed by atoms with Gasteiger partial charge < -0.3 is 14.2 Å². The van der Waals surface area contributed by atoms with Crippen LogP contribution in [0.15, 0.2) is 40.9 Å². The molecule has 1 saturated heterocycles. The fourth-order valence-electron chi connectivity index (χ4n) is 3.32. The fourth-order valence-corrected chi connectivity index (χ4v) is 3.32. The van der Waals surface area contributed by atoms with Gasteiger partial charge in [-0.15, -0.1) is 0 Å². The summed E-state index contributed by atoms with van der Waals surface area (Å²) in [7, 11) is 0. The summed E-state index contributed by atoms with van der Waals surface area (Å²) in [5, 5.41) is 3.87. The van der Waals surface area contributed by atoms with E-state index in [0.717, 1.165) is 18.7 Å². The molecule has 1 aromatic heterocycles. The quantitative estimate of drug-likeness (QED) is 0.843. The van der Waals surface area contributed by atoms with Crippen molar-refractivity contribution >= 4 is 5.91 Å². The van der Waals surface area contributed by atoms with E-state index in [2.05, 4.69) is 31.1 Å². The Bertz CT molecular complexity index is 694. The first-order valence-electron chi connectivity index (χ1n) is 8.29. The van der Waals surface area contributed by atoms with Crippen LogP contribution in [0.5, 0.6) is 0 Å². The molecule has 2 aromatic rings. The summed E-state index contributed by atoms with van der Waals surface area (Å²) in [6, 6.07) is 12.2. The number of likely N-dealkylation sites (tertiary alicyclic amines) is 1. The zero-order chi connectivity index (χ0) is 17.2. The van der Waals surface area contributed by atoms with Gasteiger partial charge in [0.25, 0.3) is 0 Å². The summed E-state index contributed by atoms with van der Waals surface area (Å²) in [6.45, 7) is 7.34. The number of carbonyl (C=O) groups excluding carboxylic acids is 1. The van der Waals surface area contributed by atoms with E-state index in [-0.39, 0.29) is 30.6 Å². The normalized spacial score (nSPS) is 19.6. The summed E-state index contributed by atoms with van der Waals surface area (Å²) >= 11 is 0. The van der Waals surface area contributed by atoms with Gasteiger partial charge in [-0.2, -0.15) is 0 Å². The second kappa shape index (κ2) is 6.77. The lowest BCUT2D eigenvalue weighted by atomic mass is 9.89. The number of rotatable bonds is 5. The maximum Gasteiger partial charge on any atom is 0.249 e. The highest BCUT2D eigenvalue weighted by molar-refractivity contribution is 5.78. The second-order valence-corrected chi connectivity index (χ2v) is 7.24. The predicted octanol–water partition coefficient (Wildman–Crippen LogP) is 3.50. The molecule has 128 valence electrons. The van der Waals surface area contributed by atoms with Crippen LogP contribution >= 0.6 is 0 Å². The largest absolute Gasteiger partial charge is 0.365 e. The minimum absolute atomic E-state index is 0.0228. The molecule has 1 atom stereocenters. The maximum absolute atomic E-state index is 12.7. The van der Waals surface area contributed by atoms with Gasteiger partial charge in [0.1, 0.15) is 18.1 Å². The topological polar surface area (TPSA) is 55.6 Å². The van der Waals surface area contributed by atoms with Crippen LogP contribution in [0.1, 0.15) is 43.3 Å². The van der Waals surface area contributed by atoms with E-state index in [0.29, 0.717) is 5.69 Å². The van der Waals surface area contributed by atoms with Crippen molar-refractivity contribution in [3.8, 4) is 0 Å². The van der Waals surface area contributed by atoms with E-state index >= 15 is 0 Å². The van der Waals surface area contributed by atoms with Crippen LogP contribution in [0, 0.1) is 12.3 Å². The van der Waals surface area contributed by atoms with Crippen LogP contribution in [-0.4, -0.2) is 29.1 Å². The third kappa shape index (κ3) is 3.85. The first-order chi connectivity index (χ1) is 11.4. The Morgan fingerprint density at radius 3 is 2.79 bits per heavy atom. The van der Waals surface area contributed by atoms with Crippen LogP contribution in [0.2, 0.25) is 0 Å². The first-order valence-corrected chi connectivity index (χ1v) is 8.29. The SMILES string of the molecule is Cc1cc(COCC(=O)N2CC(C)(C)CC2c2ccccc2)no1. The molecule has 0 saturated carbocycles. The smallest absolute Gasteiger partial charge is 0.249 e. The molecule has 0 spiro atoms. The average Bonchev–Trinajstić information content (AvgIpc) is 3.11. The Labute approximate surface area is 142 Å². The number of amides is 1. The molecule has 2 heterocycles. The number of hydrogen-bond acceptors (Lipinski definition) is 4. The Hall–Kier alpha value is -2.14. The lowest BCUT2D eigenvalue weighted by Crippen LogP contribution is -2.35. The standard InChI is InChI=1S/C19H24N2O3/c1-14-9-16(20-24-14)11-23-12-18(22)21-13-19(2,3)10-17(21)15-7-5-4-6-8-15/h4-9,17H,10-13H2,1-3H3. The molecule has 5 heteroatoms.